The number of nitrogens with one attached hydrogen (secondary N) is 2. The molecule has 6 heteroatoms. The number of aryl methyl sites for hydroxylation is 1. The van der Waals surface area contributed by atoms with Crippen molar-refractivity contribution in [2.24, 2.45) is 5.92 Å². The molecule has 0 spiro atoms. The summed E-state index contributed by atoms with van der Waals surface area (Å²) in [4.78, 5) is 16.6. The monoisotopic (exact) mass is 283 g/mol. The third-order valence-corrected chi connectivity index (χ3v) is 3.79. The van der Waals surface area contributed by atoms with Gasteiger partial charge in [-0.15, -0.1) is 11.3 Å². The summed E-state index contributed by atoms with van der Waals surface area (Å²) in [6, 6.07) is 0. The lowest BCUT2D eigenvalue weighted by Crippen LogP contribution is -2.45. The predicted molar refractivity (Wildman–Crippen MR) is 76.6 cm³/mol. The highest BCUT2D eigenvalue weighted by atomic mass is 32.1. The Morgan fingerprint density at radius 3 is 3.05 bits per heavy atom. The first-order valence-corrected chi connectivity index (χ1v) is 7.47. The van der Waals surface area contributed by atoms with Gasteiger partial charge in [0.05, 0.1) is 17.3 Å². The van der Waals surface area contributed by atoms with Gasteiger partial charge in [0.2, 0.25) is 0 Å². The number of hydrogen-bond donors (Lipinski definition) is 2. The van der Waals surface area contributed by atoms with Crippen molar-refractivity contribution >= 4 is 22.2 Å². The minimum atomic E-state index is -0.400. The van der Waals surface area contributed by atoms with Gasteiger partial charge in [0, 0.05) is 13.1 Å². The topological polar surface area (TPSA) is 63.2 Å². The highest BCUT2D eigenvalue weighted by Gasteiger charge is 2.23. The molecule has 106 valence electrons. The summed E-state index contributed by atoms with van der Waals surface area (Å²) in [6.45, 7) is 8.22. The Bertz CT molecular complexity index is 439. The largest absolute Gasteiger partial charge is 0.366 e. The molecule has 0 bridgehead atoms. The van der Waals surface area contributed by atoms with Crippen LogP contribution in [0.25, 0.3) is 0 Å². The molecule has 1 saturated heterocycles. The highest BCUT2D eigenvalue weighted by molar-refractivity contribution is 7.16. The average molecular weight is 283 g/mol. The molecule has 0 radical (unpaired) electrons. The molecular formula is C13H21N3O2S. The Labute approximate surface area is 117 Å². The molecule has 1 aliphatic rings. The minimum Gasteiger partial charge on any atom is -0.366 e. The zero-order valence-corrected chi connectivity index (χ0v) is 12.5. The molecule has 2 rings (SSSR count). The van der Waals surface area contributed by atoms with E-state index in [0.29, 0.717) is 19.1 Å². The lowest BCUT2D eigenvalue weighted by atomic mass is 10.1. The van der Waals surface area contributed by atoms with E-state index in [0.717, 1.165) is 28.7 Å². The Morgan fingerprint density at radius 2 is 2.42 bits per heavy atom. The highest BCUT2D eigenvalue weighted by Crippen LogP contribution is 2.26. The maximum Gasteiger partial charge on any atom is 0.255 e. The van der Waals surface area contributed by atoms with Gasteiger partial charge in [-0.1, -0.05) is 13.8 Å². The number of ether oxygens (including phenoxy) is 1. The normalized spacial score (nSPS) is 19.7. The second-order valence-electron chi connectivity index (χ2n) is 5.16. The summed E-state index contributed by atoms with van der Waals surface area (Å²) in [5.74, 6) is 0.436. The van der Waals surface area contributed by atoms with Crippen LogP contribution in [0.1, 0.15) is 24.5 Å². The summed E-state index contributed by atoms with van der Waals surface area (Å²) >= 11 is 1.53. The molecule has 1 aromatic rings. The van der Waals surface area contributed by atoms with Gasteiger partial charge in [-0.05, 0) is 19.3 Å². The number of carbonyl (C=O) groups excluding carboxylic acids is 1. The van der Waals surface area contributed by atoms with E-state index < -0.39 is 6.10 Å². The van der Waals surface area contributed by atoms with Crippen LogP contribution in [0.4, 0.5) is 5.00 Å². The average Bonchev–Trinajstić information content (AvgIpc) is 2.69. The van der Waals surface area contributed by atoms with Crippen LogP contribution in [0.2, 0.25) is 0 Å². The number of carbonyl (C=O) groups is 1. The molecule has 2 heterocycles. The zero-order valence-electron chi connectivity index (χ0n) is 11.7. The third kappa shape index (κ3) is 3.99. The first-order valence-electron chi connectivity index (χ1n) is 6.65. The van der Waals surface area contributed by atoms with Gasteiger partial charge in [0.15, 0.2) is 0 Å². The van der Waals surface area contributed by atoms with E-state index >= 15 is 0 Å². The molecule has 1 aromatic heterocycles. The van der Waals surface area contributed by atoms with Gasteiger partial charge >= 0.3 is 0 Å². The molecule has 1 unspecified atom stereocenters. The van der Waals surface area contributed by atoms with Crippen molar-refractivity contribution in [1.82, 2.24) is 10.3 Å². The van der Waals surface area contributed by atoms with Crippen LogP contribution in [0.5, 0.6) is 0 Å². The molecule has 1 atom stereocenters. The van der Waals surface area contributed by atoms with Gasteiger partial charge in [-0.2, -0.15) is 0 Å². The van der Waals surface area contributed by atoms with E-state index in [1.165, 1.54) is 11.3 Å². The van der Waals surface area contributed by atoms with E-state index in [1.807, 2.05) is 6.92 Å². The van der Waals surface area contributed by atoms with E-state index in [1.54, 1.807) is 0 Å². The fourth-order valence-electron chi connectivity index (χ4n) is 2.02. The van der Waals surface area contributed by atoms with Crippen molar-refractivity contribution in [2.75, 3.05) is 25.0 Å². The summed E-state index contributed by atoms with van der Waals surface area (Å²) in [7, 11) is 0. The molecule has 2 N–H and O–H groups in total. The minimum absolute atomic E-state index is 0.0825. The van der Waals surface area contributed by atoms with Crippen molar-refractivity contribution in [3.8, 4) is 0 Å². The number of anilines is 1. The number of morpholine rings is 1. The van der Waals surface area contributed by atoms with Gasteiger partial charge in [0.25, 0.3) is 5.91 Å². The van der Waals surface area contributed by atoms with E-state index in [9.17, 15) is 4.79 Å². The van der Waals surface area contributed by atoms with Crippen molar-refractivity contribution in [3.05, 3.63) is 10.7 Å². The zero-order chi connectivity index (χ0) is 13.8. The number of aromatic nitrogens is 1. The molecule has 1 amide bonds. The van der Waals surface area contributed by atoms with E-state index in [4.69, 9.17) is 4.74 Å². The molecular weight excluding hydrogens is 262 g/mol. The smallest absolute Gasteiger partial charge is 0.255 e. The van der Waals surface area contributed by atoms with Gasteiger partial charge in [-0.25, -0.2) is 4.98 Å². The van der Waals surface area contributed by atoms with Crippen LogP contribution in [-0.2, 0) is 16.0 Å². The van der Waals surface area contributed by atoms with Crippen LogP contribution in [-0.4, -0.2) is 36.7 Å². The standard InChI is InChI=1S/C13H21N3O2S/c1-8(2)6-10-13(19-9(3)15-10)16-12(17)11-7-14-4-5-18-11/h8,11,14H,4-7H2,1-3H3,(H,16,17). The first kappa shape index (κ1) is 14.4. The summed E-state index contributed by atoms with van der Waals surface area (Å²) in [5, 5.41) is 7.96. The van der Waals surface area contributed by atoms with Gasteiger partial charge in [0.1, 0.15) is 11.1 Å². The SMILES string of the molecule is Cc1nc(CC(C)C)c(NC(=O)C2CNCCO2)s1. The Kier molecular flexibility index (Phi) is 4.90. The van der Waals surface area contributed by atoms with Crippen molar-refractivity contribution < 1.29 is 9.53 Å². The number of rotatable bonds is 4. The Balaban J connectivity index is 2.03. The van der Waals surface area contributed by atoms with Crippen LogP contribution in [0.3, 0.4) is 0 Å². The van der Waals surface area contributed by atoms with Crippen LogP contribution in [0.15, 0.2) is 0 Å². The molecule has 0 saturated carbocycles. The maximum atomic E-state index is 12.1. The molecule has 1 aliphatic heterocycles. The van der Waals surface area contributed by atoms with E-state index in [2.05, 4.69) is 29.5 Å². The van der Waals surface area contributed by atoms with Crippen molar-refractivity contribution in [1.29, 1.82) is 0 Å². The Morgan fingerprint density at radius 1 is 1.63 bits per heavy atom. The second kappa shape index (κ2) is 6.45. The lowest BCUT2D eigenvalue weighted by Gasteiger charge is -2.22. The van der Waals surface area contributed by atoms with Gasteiger partial charge in [-0.3, -0.25) is 4.79 Å². The quantitative estimate of drug-likeness (QED) is 0.880. The number of hydrogen-bond acceptors (Lipinski definition) is 5. The molecule has 0 aliphatic carbocycles. The number of amides is 1. The molecule has 19 heavy (non-hydrogen) atoms. The van der Waals surface area contributed by atoms with Crippen LogP contribution >= 0.6 is 11.3 Å². The number of thiazole rings is 1. The van der Waals surface area contributed by atoms with Crippen molar-refractivity contribution in [3.63, 3.8) is 0 Å². The second-order valence-corrected chi connectivity index (χ2v) is 6.36. The van der Waals surface area contributed by atoms with Gasteiger partial charge < -0.3 is 15.4 Å². The molecule has 0 aromatic carbocycles. The first-order chi connectivity index (χ1) is 9.06. The summed E-state index contributed by atoms with van der Waals surface area (Å²) in [5.41, 5.74) is 0.981. The maximum absolute atomic E-state index is 12.1. The fraction of sp³-hybridized carbons (Fsp3) is 0.692. The molecule has 5 nitrogen and oxygen atoms in total. The lowest BCUT2D eigenvalue weighted by molar-refractivity contribution is -0.128. The predicted octanol–water partition coefficient (Wildman–Crippen LogP) is 1.58. The Hall–Kier alpha value is -0.980. The fourth-order valence-corrected chi connectivity index (χ4v) is 2.87. The summed E-state index contributed by atoms with van der Waals surface area (Å²) in [6.07, 6.45) is 0.479. The van der Waals surface area contributed by atoms with Crippen LogP contribution in [0, 0.1) is 12.8 Å². The molecule has 1 fully saturated rings. The number of nitrogens with zero attached hydrogens (tertiary/aromatic N) is 1. The van der Waals surface area contributed by atoms with E-state index in [-0.39, 0.29) is 5.91 Å². The third-order valence-electron chi connectivity index (χ3n) is 2.86. The van der Waals surface area contributed by atoms with Crippen molar-refractivity contribution in [2.45, 2.75) is 33.3 Å². The summed E-state index contributed by atoms with van der Waals surface area (Å²) < 4.78 is 5.45. The van der Waals surface area contributed by atoms with Crippen LogP contribution < -0.4 is 10.6 Å².